The zero-order chi connectivity index (χ0) is 7.98. The van der Waals surface area contributed by atoms with Crippen molar-refractivity contribution < 1.29 is 9.53 Å². The van der Waals surface area contributed by atoms with Gasteiger partial charge in [-0.1, -0.05) is 13.8 Å². The van der Waals surface area contributed by atoms with Crippen LogP contribution in [0.3, 0.4) is 0 Å². The molecule has 0 aromatic rings. The Morgan fingerprint density at radius 1 is 1.70 bits per heavy atom. The molecular formula is C7H13NO2. The van der Waals surface area contributed by atoms with Crippen molar-refractivity contribution in [2.45, 2.75) is 13.8 Å². The summed E-state index contributed by atoms with van der Waals surface area (Å²) in [4.78, 5) is 14.3. The second-order valence-corrected chi connectivity index (χ2v) is 2.41. The molecule has 3 heteroatoms. The second kappa shape index (κ2) is 4.97. The number of aliphatic imine (C=N–C) groups is 1. The number of methoxy groups -OCH3 is 1. The van der Waals surface area contributed by atoms with Crippen molar-refractivity contribution in [1.29, 1.82) is 0 Å². The van der Waals surface area contributed by atoms with E-state index < -0.39 is 0 Å². The molecule has 0 aliphatic rings. The van der Waals surface area contributed by atoms with Gasteiger partial charge in [-0.3, -0.25) is 4.99 Å². The van der Waals surface area contributed by atoms with Crippen LogP contribution in [0.4, 0.5) is 0 Å². The summed E-state index contributed by atoms with van der Waals surface area (Å²) in [5.74, 6) is 0.0987. The van der Waals surface area contributed by atoms with E-state index in [1.165, 1.54) is 13.3 Å². The number of rotatable bonds is 3. The average Bonchev–Trinajstić information content (AvgIpc) is 1.87. The lowest BCUT2D eigenvalue weighted by atomic mass is 10.2. The molecule has 0 rings (SSSR count). The molecule has 0 heterocycles. The van der Waals surface area contributed by atoms with Crippen molar-refractivity contribution in [3.63, 3.8) is 0 Å². The summed E-state index contributed by atoms with van der Waals surface area (Å²) in [6.45, 7) is 4.75. The number of nitrogens with zero attached hydrogens (tertiary/aromatic N) is 1. The third kappa shape index (κ3) is 5.28. The summed E-state index contributed by atoms with van der Waals surface area (Å²) in [6, 6.07) is 0. The molecule has 0 atom stereocenters. The standard InChI is InChI=1S/C7H13NO2/c1-6(2)4-8-5-7(9)10-3/h5-6H,4H2,1-3H3. The third-order valence-corrected chi connectivity index (χ3v) is 0.868. The lowest BCUT2D eigenvalue weighted by Gasteiger charge is -1.95. The van der Waals surface area contributed by atoms with Gasteiger partial charge >= 0.3 is 5.97 Å². The lowest BCUT2D eigenvalue weighted by Crippen LogP contribution is -2.02. The van der Waals surface area contributed by atoms with E-state index in [1.807, 2.05) is 13.8 Å². The van der Waals surface area contributed by atoms with E-state index in [9.17, 15) is 4.79 Å². The minimum absolute atomic E-state index is 0.388. The van der Waals surface area contributed by atoms with E-state index in [1.54, 1.807) is 0 Å². The zero-order valence-electron chi connectivity index (χ0n) is 6.63. The van der Waals surface area contributed by atoms with Crippen LogP contribution in [-0.4, -0.2) is 25.8 Å². The molecule has 3 nitrogen and oxygen atoms in total. The predicted molar refractivity (Wildman–Crippen MR) is 40.2 cm³/mol. The Hall–Kier alpha value is -0.860. The minimum Gasteiger partial charge on any atom is -0.465 e. The van der Waals surface area contributed by atoms with Gasteiger partial charge in [0.2, 0.25) is 0 Å². The zero-order valence-corrected chi connectivity index (χ0v) is 6.63. The van der Waals surface area contributed by atoms with Gasteiger partial charge in [-0.25, -0.2) is 4.79 Å². The first-order valence-corrected chi connectivity index (χ1v) is 3.24. The second-order valence-electron chi connectivity index (χ2n) is 2.41. The van der Waals surface area contributed by atoms with Gasteiger partial charge in [0, 0.05) is 6.54 Å². The molecule has 0 unspecified atom stereocenters. The molecule has 0 amide bonds. The maximum absolute atomic E-state index is 10.4. The monoisotopic (exact) mass is 143 g/mol. The van der Waals surface area contributed by atoms with Crippen LogP contribution in [0, 0.1) is 5.92 Å². The summed E-state index contributed by atoms with van der Waals surface area (Å²) in [6.07, 6.45) is 1.21. The largest absolute Gasteiger partial charge is 0.465 e. The maximum atomic E-state index is 10.4. The van der Waals surface area contributed by atoms with E-state index >= 15 is 0 Å². The molecule has 0 saturated carbocycles. The van der Waals surface area contributed by atoms with Crippen LogP contribution in [0.25, 0.3) is 0 Å². The molecule has 0 saturated heterocycles. The predicted octanol–water partition coefficient (Wildman–Crippen LogP) is 0.886. The fourth-order valence-electron chi connectivity index (χ4n) is 0.391. The van der Waals surface area contributed by atoms with Crippen LogP contribution in [0.5, 0.6) is 0 Å². The van der Waals surface area contributed by atoms with Crippen LogP contribution in [-0.2, 0) is 9.53 Å². The van der Waals surface area contributed by atoms with Crippen molar-refractivity contribution in [1.82, 2.24) is 0 Å². The fraction of sp³-hybridized carbons (Fsp3) is 0.714. The number of ether oxygens (including phenoxy) is 1. The fourth-order valence-corrected chi connectivity index (χ4v) is 0.391. The van der Waals surface area contributed by atoms with Gasteiger partial charge < -0.3 is 4.74 Å². The van der Waals surface area contributed by atoms with E-state index in [0.29, 0.717) is 12.5 Å². The highest BCUT2D eigenvalue weighted by Gasteiger charge is 1.92. The van der Waals surface area contributed by atoms with Gasteiger partial charge in [0.05, 0.1) is 7.11 Å². The first-order valence-electron chi connectivity index (χ1n) is 3.24. The molecular weight excluding hydrogens is 130 g/mol. The highest BCUT2D eigenvalue weighted by Crippen LogP contribution is 1.89. The third-order valence-electron chi connectivity index (χ3n) is 0.868. The molecule has 10 heavy (non-hydrogen) atoms. The van der Waals surface area contributed by atoms with Crippen molar-refractivity contribution in [3.05, 3.63) is 0 Å². The summed E-state index contributed by atoms with van der Waals surface area (Å²) in [5.41, 5.74) is 0. The van der Waals surface area contributed by atoms with Crippen LogP contribution >= 0.6 is 0 Å². The Kier molecular flexibility index (Phi) is 4.54. The summed E-state index contributed by atoms with van der Waals surface area (Å²) < 4.78 is 4.34. The van der Waals surface area contributed by atoms with Gasteiger partial charge in [0.25, 0.3) is 0 Å². The van der Waals surface area contributed by atoms with E-state index in [0.717, 1.165) is 0 Å². The average molecular weight is 143 g/mol. The highest BCUT2D eigenvalue weighted by molar-refractivity contribution is 6.23. The number of esters is 1. The molecule has 0 N–H and O–H groups in total. The van der Waals surface area contributed by atoms with E-state index in [2.05, 4.69) is 9.73 Å². The van der Waals surface area contributed by atoms with Crippen LogP contribution in [0.15, 0.2) is 4.99 Å². The van der Waals surface area contributed by atoms with Crippen LogP contribution in [0.2, 0.25) is 0 Å². The molecule has 0 spiro atoms. The first-order chi connectivity index (χ1) is 4.66. The Bertz CT molecular complexity index is 130. The normalized spacial score (nSPS) is 10.8. The quantitative estimate of drug-likeness (QED) is 0.434. The molecule has 0 aliphatic carbocycles. The highest BCUT2D eigenvalue weighted by atomic mass is 16.5. The van der Waals surface area contributed by atoms with E-state index in [4.69, 9.17) is 0 Å². The minimum atomic E-state index is -0.388. The van der Waals surface area contributed by atoms with Crippen molar-refractivity contribution in [2.75, 3.05) is 13.7 Å². The van der Waals surface area contributed by atoms with Crippen molar-refractivity contribution >= 4 is 12.2 Å². The van der Waals surface area contributed by atoms with Gasteiger partial charge in [0.1, 0.15) is 6.21 Å². The smallest absolute Gasteiger partial charge is 0.348 e. The topological polar surface area (TPSA) is 38.7 Å². The summed E-state index contributed by atoms with van der Waals surface area (Å²) >= 11 is 0. The van der Waals surface area contributed by atoms with Gasteiger partial charge in [0.15, 0.2) is 0 Å². The first kappa shape index (κ1) is 9.14. The van der Waals surface area contributed by atoms with Gasteiger partial charge in [-0.2, -0.15) is 0 Å². The van der Waals surface area contributed by atoms with Crippen molar-refractivity contribution in [2.24, 2.45) is 10.9 Å². The molecule has 0 aromatic carbocycles. The van der Waals surface area contributed by atoms with Gasteiger partial charge in [-0.15, -0.1) is 0 Å². The van der Waals surface area contributed by atoms with Crippen LogP contribution in [0.1, 0.15) is 13.8 Å². The molecule has 0 radical (unpaired) electrons. The Labute approximate surface area is 61.1 Å². The lowest BCUT2D eigenvalue weighted by molar-refractivity contribution is -0.132. The Morgan fingerprint density at radius 3 is 2.70 bits per heavy atom. The molecule has 0 bridgehead atoms. The van der Waals surface area contributed by atoms with Gasteiger partial charge in [-0.05, 0) is 5.92 Å². The molecule has 0 fully saturated rings. The van der Waals surface area contributed by atoms with Crippen LogP contribution < -0.4 is 0 Å². The number of hydrogen-bond donors (Lipinski definition) is 0. The number of hydrogen-bond acceptors (Lipinski definition) is 3. The molecule has 58 valence electrons. The summed E-state index contributed by atoms with van der Waals surface area (Å²) in [5, 5.41) is 0. The Morgan fingerprint density at radius 2 is 2.30 bits per heavy atom. The Balaban J connectivity index is 3.46. The number of carbonyl (C=O) groups is 1. The molecule has 0 aliphatic heterocycles. The maximum Gasteiger partial charge on any atom is 0.348 e. The number of carbonyl (C=O) groups excluding carboxylic acids is 1. The van der Waals surface area contributed by atoms with Crippen molar-refractivity contribution in [3.8, 4) is 0 Å². The van der Waals surface area contributed by atoms with E-state index in [-0.39, 0.29) is 5.97 Å². The molecule has 0 aromatic heterocycles. The summed E-state index contributed by atoms with van der Waals surface area (Å²) in [7, 11) is 1.34. The SMILES string of the molecule is COC(=O)C=NCC(C)C.